The van der Waals surface area contributed by atoms with Crippen LogP contribution in [0.3, 0.4) is 0 Å². The van der Waals surface area contributed by atoms with Crippen LogP contribution in [0.5, 0.6) is 0 Å². The Morgan fingerprint density at radius 1 is 1.09 bits per heavy atom. The second kappa shape index (κ2) is 8.90. The van der Waals surface area contributed by atoms with Gasteiger partial charge in [0.2, 0.25) is 0 Å². The summed E-state index contributed by atoms with van der Waals surface area (Å²) >= 11 is 4.71. The number of ether oxygens (including phenoxy) is 2. The number of nitrogens with one attached hydrogen (secondary N) is 2. The van der Waals surface area contributed by atoms with Crippen molar-refractivity contribution >= 4 is 29.4 Å². The molecule has 23 heavy (non-hydrogen) atoms. The highest BCUT2D eigenvalue weighted by Crippen LogP contribution is 2.12. The van der Waals surface area contributed by atoms with Crippen molar-refractivity contribution in [1.29, 1.82) is 0 Å². The van der Waals surface area contributed by atoms with E-state index < -0.39 is 29.3 Å². The average Bonchev–Trinajstić information content (AvgIpc) is 2.27. The molecule has 7 nitrogen and oxygen atoms in total. The van der Waals surface area contributed by atoms with E-state index in [1.54, 1.807) is 41.5 Å². The molecule has 0 spiro atoms. The van der Waals surface area contributed by atoms with Crippen LogP contribution in [0.15, 0.2) is 0 Å². The van der Waals surface area contributed by atoms with Gasteiger partial charge in [0, 0.05) is 6.54 Å². The number of thiocarbonyl (C=S) groups is 1. The van der Waals surface area contributed by atoms with Crippen LogP contribution in [0.1, 0.15) is 54.4 Å². The number of carbonyl (C=O) groups excluding carboxylic acids is 2. The summed E-state index contributed by atoms with van der Waals surface area (Å²) in [5, 5.41) is 5.54. The summed E-state index contributed by atoms with van der Waals surface area (Å²) in [7, 11) is 0. The summed E-state index contributed by atoms with van der Waals surface area (Å²) in [6.45, 7) is 11.1. The molecule has 0 aromatic rings. The van der Waals surface area contributed by atoms with Crippen LogP contribution in [0.25, 0.3) is 0 Å². The van der Waals surface area contributed by atoms with Gasteiger partial charge < -0.3 is 25.8 Å². The zero-order valence-electron chi connectivity index (χ0n) is 14.8. The van der Waals surface area contributed by atoms with Gasteiger partial charge >= 0.3 is 12.1 Å². The lowest BCUT2D eigenvalue weighted by Gasteiger charge is -2.26. The van der Waals surface area contributed by atoms with Crippen LogP contribution in [0, 0.1) is 0 Å². The molecule has 0 aliphatic heterocycles. The zero-order chi connectivity index (χ0) is 18.3. The second-order valence-corrected chi connectivity index (χ2v) is 7.61. The Hall–Kier alpha value is -1.57. The number of rotatable bonds is 6. The monoisotopic (exact) mass is 347 g/mol. The van der Waals surface area contributed by atoms with E-state index in [1.165, 1.54) is 0 Å². The fourth-order valence-electron chi connectivity index (χ4n) is 1.59. The van der Waals surface area contributed by atoms with Crippen LogP contribution >= 0.6 is 12.2 Å². The Morgan fingerprint density at radius 2 is 1.61 bits per heavy atom. The summed E-state index contributed by atoms with van der Waals surface area (Å²) < 4.78 is 10.5. The molecule has 0 aromatic heterocycles. The number of alkyl carbamates (subject to hydrolysis) is 1. The van der Waals surface area contributed by atoms with Crippen molar-refractivity contribution in [2.45, 2.75) is 71.6 Å². The van der Waals surface area contributed by atoms with Gasteiger partial charge in [-0.1, -0.05) is 0 Å². The Balaban J connectivity index is 4.69. The van der Waals surface area contributed by atoms with Gasteiger partial charge in [-0.05, 0) is 66.6 Å². The lowest BCUT2D eigenvalue weighted by atomic mass is 10.1. The molecule has 0 fully saturated rings. The number of amides is 1. The van der Waals surface area contributed by atoms with Crippen molar-refractivity contribution in [2.24, 2.45) is 5.73 Å². The summed E-state index contributed by atoms with van der Waals surface area (Å²) in [6.07, 6.45) is 0.302. The molecule has 0 bridgehead atoms. The molecule has 0 rings (SSSR count). The number of carbonyl (C=O) groups is 2. The smallest absolute Gasteiger partial charge is 0.408 e. The van der Waals surface area contributed by atoms with E-state index in [4.69, 9.17) is 27.4 Å². The molecular formula is C15H29N3O4S. The predicted octanol–water partition coefficient (Wildman–Crippen LogP) is 1.83. The highest BCUT2D eigenvalue weighted by Gasteiger charge is 2.28. The summed E-state index contributed by atoms with van der Waals surface area (Å²) in [5.74, 6) is -0.501. The molecule has 0 saturated heterocycles. The lowest BCUT2D eigenvalue weighted by Crippen LogP contribution is -2.46. The standard InChI is InChI=1S/C15H29N3O4S/c1-14(2,3)21-11(19)10(8-7-9-17-12(16)23)18-13(20)22-15(4,5)6/h10H,7-9H2,1-6H3,(H,18,20)(H3,16,17,23)/t10-/m1/s1. The highest BCUT2D eigenvalue weighted by atomic mass is 32.1. The van der Waals surface area contributed by atoms with Crippen molar-refractivity contribution in [3.05, 3.63) is 0 Å². The van der Waals surface area contributed by atoms with Crippen molar-refractivity contribution in [3.8, 4) is 0 Å². The molecule has 0 saturated carbocycles. The number of esters is 1. The minimum Gasteiger partial charge on any atom is -0.458 e. The van der Waals surface area contributed by atoms with Gasteiger partial charge in [0.15, 0.2) is 5.11 Å². The van der Waals surface area contributed by atoms with Crippen molar-refractivity contribution in [1.82, 2.24) is 10.6 Å². The first kappa shape index (κ1) is 21.4. The van der Waals surface area contributed by atoms with E-state index >= 15 is 0 Å². The minimum absolute atomic E-state index is 0.193. The van der Waals surface area contributed by atoms with Gasteiger partial charge in [-0.15, -0.1) is 0 Å². The summed E-state index contributed by atoms with van der Waals surface area (Å²) in [6, 6.07) is -0.794. The molecule has 0 aliphatic carbocycles. The molecule has 0 unspecified atom stereocenters. The Morgan fingerprint density at radius 3 is 2.04 bits per heavy atom. The van der Waals surface area contributed by atoms with Crippen molar-refractivity contribution in [3.63, 3.8) is 0 Å². The Labute approximate surface area is 143 Å². The van der Waals surface area contributed by atoms with Gasteiger partial charge in [0.1, 0.15) is 17.2 Å². The molecule has 134 valence electrons. The molecule has 4 N–H and O–H groups in total. The van der Waals surface area contributed by atoms with E-state index in [0.29, 0.717) is 19.4 Å². The summed E-state index contributed by atoms with van der Waals surface area (Å²) in [4.78, 5) is 24.1. The SMILES string of the molecule is CC(C)(C)OC(=O)N[C@H](CCCNC(N)=S)C(=O)OC(C)(C)C. The van der Waals surface area contributed by atoms with Crippen LogP contribution in [0.2, 0.25) is 0 Å². The predicted molar refractivity (Wildman–Crippen MR) is 93.0 cm³/mol. The van der Waals surface area contributed by atoms with E-state index in [1.807, 2.05) is 0 Å². The maximum atomic E-state index is 12.2. The molecule has 0 radical (unpaired) electrons. The normalized spacial score (nSPS) is 13.0. The lowest BCUT2D eigenvalue weighted by molar-refractivity contribution is -0.157. The topological polar surface area (TPSA) is 103 Å². The average molecular weight is 347 g/mol. The Kier molecular flexibility index (Phi) is 8.30. The van der Waals surface area contributed by atoms with Crippen LogP contribution in [-0.4, -0.2) is 41.0 Å². The maximum absolute atomic E-state index is 12.2. The number of hydrogen-bond donors (Lipinski definition) is 3. The molecule has 1 atom stereocenters. The highest BCUT2D eigenvalue weighted by molar-refractivity contribution is 7.80. The third-order valence-corrected chi connectivity index (χ3v) is 2.50. The number of hydrogen-bond acceptors (Lipinski definition) is 5. The number of nitrogens with two attached hydrogens (primary N) is 1. The van der Waals surface area contributed by atoms with Gasteiger partial charge in [0.05, 0.1) is 0 Å². The fourth-order valence-corrected chi connectivity index (χ4v) is 1.69. The molecule has 0 aromatic carbocycles. The van der Waals surface area contributed by atoms with E-state index in [-0.39, 0.29) is 5.11 Å². The third kappa shape index (κ3) is 12.6. The van der Waals surface area contributed by atoms with Gasteiger partial charge in [-0.2, -0.15) is 0 Å². The van der Waals surface area contributed by atoms with Crippen molar-refractivity contribution in [2.75, 3.05) is 6.54 Å². The van der Waals surface area contributed by atoms with Crippen LogP contribution < -0.4 is 16.4 Å². The fraction of sp³-hybridized carbons (Fsp3) is 0.800. The third-order valence-electron chi connectivity index (χ3n) is 2.35. The molecule has 8 heteroatoms. The van der Waals surface area contributed by atoms with E-state index in [2.05, 4.69) is 10.6 Å². The molecule has 0 aliphatic rings. The van der Waals surface area contributed by atoms with Gasteiger partial charge in [0.25, 0.3) is 0 Å². The van der Waals surface area contributed by atoms with Gasteiger partial charge in [-0.25, -0.2) is 9.59 Å². The first-order valence-corrected chi connectivity index (χ1v) is 7.96. The van der Waals surface area contributed by atoms with Crippen LogP contribution in [-0.2, 0) is 14.3 Å². The van der Waals surface area contributed by atoms with E-state index in [9.17, 15) is 9.59 Å². The first-order valence-electron chi connectivity index (χ1n) is 7.56. The van der Waals surface area contributed by atoms with Gasteiger partial charge in [-0.3, -0.25) is 0 Å². The van der Waals surface area contributed by atoms with Crippen molar-refractivity contribution < 1.29 is 19.1 Å². The van der Waals surface area contributed by atoms with Crippen LogP contribution in [0.4, 0.5) is 4.79 Å². The Bertz CT molecular complexity index is 427. The summed E-state index contributed by atoms with van der Waals surface area (Å²) in [5.41, 5.74) is 4.06. The molecular weight excluding hydrogens is 318 g/mol. The largest absolute Gasteiger partial charge is 0.458 e. The maximum Gasteiger partial charge on any atom is 0.408 e. The van der Waals surface area contributed by atoms with E-state index in [0.717, 1.165) is 0 Å². The zero-order valence-corrected chi connectivity index (χ0v) is 15.6. The molecule has 0 heterocycles. The molecule has 1 amide bonds. The quantitative estimate of drug-likeness (QED) is 0.383. The second-order valence-electron chi connectivity index (χ2n) is 7.17. The minimum atomic E-state index is -0.794. The first-order chi connectivity index (χ1) is 10.3.